The summed E-state index contributed by atoms with van der Waals surface area (Å²) < 4.78 is 0. The van der Waals surface area contributed by atoms with Crippen molar-refractivity contribution in [2.75, 3.05) is 18.4 Å². The molecule has 1 rings (SSSR count). The summed E-state index contributed by atoms with van der Waals surface area (Å²) in [5, 5.41) is 6.11. The molecule has 0 aliphatic rings. The van der Waals surface area contributed by atoms with Gasteiger partial charge in [0.25, 0.3) is 0 Å². The Morgan fingerprint density at radius 3 is 2.69 bits per heavy atom. The molecule has 0 aliphatic heterocycles. The molecule has 3 heteroatoms. The van der Waals surface area contributed by atoms with E-state index >= 15 is 0 Å². The number of nitrogens with one attached hydrogen (secondary N) is 2. The van der Waals surface area contributed by atoms with E-state index < -0.39 is 0 Å². The van der Waals surface area contributed by atoms with Gasteiger partial charge in [0.2, 0.25) is 5.91 Å². The van der Waals surface area contributed by atoms with E-state index in [2.05, 4.69) is 42.7 Å². The van der Waals surface area contributed by atoms with Gasteiger partial charge in [-0.25, -0.2) is 0 Å². The van der Waals surface area contributed by atoms with Crippen LogP contribution in [0.1, 0.15) is 25.0 Å². The van der Waals surface area contributed by atoms with Gasteiger partial charge in [0.05, 0.1) is 0 Å². The maximum Gasteiger partial charge on any atom is 0.216 e. The van der Waals surface area contributed by atoms with Crippen LogP contribution in [0.4, 0.5) is 5.69 Å². The van der Waals surface area contributed by atoms with Gasteiger partial charge in [0, 0.05) is 25.7 Å². The number of rotatable bonds is 5. The lowest BCUT2D eigenvalue weighted by Gasteiger charge is -2.13. The van der Waals surface area contributed by atoms with Crippen LogP contribution in [0.15, 0.2) is 18.2 Å². The molecule has 0 spiro atoms. The summed E-state index contributed by atoms with van der Waals surface area (Å²) in [6.07, 6.45) is 1.02. The predicted octanol–water partition coefficient (Wildman–Crippen LogP) is 2.11. The summed E-state index contributed by atoms with van der Waals surface area (Å²) in [6.45, 7) is 7.23. The van der Waals surface area contributed by atoms with E-state index in [1.807, 2.05) is 0 Å². The number of amides is 1. The monoisotopic (exact) mass is 220 g/mol. The molecular weight excluding hydrogens is 200 g/mol. The average Bonchev–Trinajstić information content (AvgIpc) is 2.24. The number of carbonyl (C=O) groups is 1. The molecule has 2 N–H and O–H groups in total. The van der Waals surface area contributed by atoms with Crippen LogP contribution in [0.2, 0.25) is 0 Å². The summed E-state index contributed by atoms with van der Waals surface area (Å²) in [5.74, 6) is 0.0155. The van der Waals surface area contributed by atoms with Gasteiger partial charge in [-0.3, -0.25) is 4.79 Å². The molecule has 16 heavy (non-hydrogen) atoms. The van der Waals surface area contributed by atoms with Gasteiger partial charge >= 0.3 is 0 Å². The van der Waals surface area contributed by atoms with Crippen LogP contribution in [0.3, 0.4) is 0 Å². The quantitative estimate of drug-likeness (QED) is 0.746. The third-order valence-electron chi connectivity index (χ3n) is 2.58. The molecular formula is C13H20N2O. The van der Waals surface area contributed by atoms with Crippen molar-refractivity contribution in [1.29, 1.82) is 0 Å². The van der Waals surface area contributed by atoms with Crippen molar-refractivity contribution < 1.29 is 4.79 Å². The van der Waals surface area contributed by atoms with E-state index in [9.17, 15) is 4.79 Å². The summed E-state index contributed by atoms with van der Waals surface area (Å²) in [4.78, 5) is 10.7. The van der Waals surface area contributed by atoms with Gasteiger partial charge in [0.1, 0.15) is 0 Å². The second kappa shape index (κ2) is 6.16. The van der Waals surface area contributed by atoms with Crippen molar-refractivity contribution in [2.24, 2.45) is 0 Å². The Kier molecular flexibility index (Phi) is 4.83. The Bertz CT molecular complexity index is 361. The Morgan fingerprint density at radius 2 is 2.06 bits per heavy atom. The number of aryl methyl sites for hydroxylation is 1. The van der Waals surface area contributed by atoms with E-state index in [4.69, 9.17) is 0 Å². The standard InChI is InChI=1S/C13H20N2O/c1-4-12-10(2)6-5-7-13(12)15-9-8-14-11(3)16/h5-7,15H,4,8-9H2,1-3H3,(H,14,16). The molecule has 0 saturated heterocycles. The van der Waals surface area contributed by atoms with E-state index in [1.54, 1.807) is 0 Å². The zero-order valence-corrected chi connectivity index (χ0v) is 10.3. The van der Waals surface area contributed by atoms with Crippen molar-refractivity contribution in [3.8, 4) is 0 Å². The summed E-state index contributed by atoms with van der Waals surface area (Å²) >= 11 is 0. The predicted molar refractivity (Wildman–Crippen MR) is 67.7 cm³/mol. The van der Waals surface area contributed by atoms with E-state index in [1.165, 1.54) is 23.7 Å². The van der Waals surface area contributed by atoms with E-state index in [0.717, 1.165) is 13.0 Å². The van der Waals surface area contributed by atoms with Gasteiger partial charge in [-0.1, -0.05) is 19.1 Å². The molecule has 3 nitrogen and oxygen atoms in total. The van der Waals surface area contributed by atoms with Crippen molar-refractivity contribution >= 4 is 11.6 Å². The maximum atomic E-state index is 10.7. The number of benzene rings is 1. The first kappa shape index (κ1) is 12.6. The molecule has 0 aromatic heterocycles. The van der Waals surface area contributed by atoms with Crippen molar-refractivity contribution in [3.63, 3.8) is 0 Å². The molecule has 0 unspecified atom stereocenters. The fourth-order valence-electron chi connectivity index (χ4n) is 1.77. The highest BCUT2D eigenvalue weighted by Crippen LogP contribution is 2.19. The molecule has 0 bridgehead atoms. The molecule has 0 fully saturated rings. The van der Waals surface area contributed by atoms with E-state index in [0.29, 0.717) is 6.54 Å². The molecule has 0 heterocycles. The summed E-state index contributed by atoms with van der Waals surface area (Å²) in [5.41, 5.74) is 3.84. The van der Waals surface area contributed by atoms with Crippen LogP contribution in [-0.4, -0.2) is 19.0 Å². The second-order valence-corrected chi connectivity index (χ2v) is 3.86. The lowest BCUT2D eigenvalue weighted by molar-refractivity contribution is -0.118. The first-order valence-corrected chi connectivity index (χ1v) is 5.72. The Balaban J connectivity index is 2.53. The normalized spacial score (nSPS) is 9.94. The maximum absolute atomic E-state index is 10.7. The minimum atomic E-state index is 0.0155. The number of anilines is 1. The van der Waals surface area contributed by atoms with Crippen LogP contribution in [0.5, 0.6) is 0 Å². The van der Waals surface area contributed by atoms with Crippen LogP contribution in [0.25, 0.3) is 0 Å². The van der Waals surface area contributed by atoms with Gasteiger partial charge < -0.3 is 10.6 Å². The highest BCUT2D eigenvalue weighted by molar-refractivity contribution is 5.72. The van der Waals surface area contributed by atoms with E-state index in [-0.39, 0.29) is 5.91 Å². The minimum absolute atomic E-state index is 0.0155. The number of hydrogen-bond donors (Lipinski definition) is 2. The molecule has 1 amide bonds. The first-order valence-electron chi connectivity index (χ1n) is 5.72. The fraction of sp³-hybridized carbons (Fsp3) is 0.462. The lowest BCUT2D eigenvalue weighted by atomic mass is 10.0. The van der Waals surface area contributed by atoms with Crippen LogP contribution in [0, 0.1) is 6.92 Å². The Hall–Kier alpha value is -1.51. The van der Waals surface area contributed by atoms with Gasteiger partial charge in [0.15, 0.2) is 0 Å². The van der Waals surface area contributed by atoms with Crippen molar-refractivity contribution in [2.45, 2.75) is 27.2 Å². The highest BCUT2D eigenvalue weighted by atomic mass is 16.1. The Labute approximate surface area is 97.2 Å². The highest BCUT2D eigenvalue weighted by Gasteiger charge is 2.02. The summed E-state index contributed by atoms with van der Waals surface area (Å²) in [6, 6.07) is 6.26. The van der Waals surface area contributed by atoms with Crippen LogP contribution < -0.4 is 10.6 Å². The Morgan fingerprint density at radius 1 is 1.31 bits per heavy atom. The smallest absolute Gasteiger partial charge is 0.216 e. The largest absolute Gasteiger partial charge is 0.383 e. The number of carbonyl (C=O) groups excluding carboxylic acids is 1. The fourth-order valence-corrected chi connectivity index (χ4v) is 1.77. The second-order valence-electron chi connectivity index (χ2n) is 3.86. The minimum Gasteiger partial charge on any atom is -0.383 e. The molecule has 0 saturated carbocycles. The zero-order valence-electron chi connectivity index (χ0n) is 10.3. The average molecular weight is 220 g/mol. The van der Waals surface area contributed by atoms with Crippen molar-refractivity contribution in [1.82, 2.24) is 5.32 Å². The summed E-state index contributed by atoms with van der Waals surface area (Å²) in [7, 11) is 0. The molecule has 0 atom stereocenters. The third kappa shape index (κ3) is 3.57. The zero-order chi connectivity index (χ0) is 12.0. The molecule has 0 aliphatic carbocycles. The SMILES string of the molecule is CCc1c(C)cccc1NCCNC(C)=O. The number of hydrogen-bond acceptors (Lipinski definition) is 2. The van der Waals surface area contributed by atoms with Crippen LogP contribution >= 0.6 is 0 Å². The van der Waals surface area contributed by atoms with Crippen LogP contribution in [-0.2, 0) is 11.2 Å². The molecule has 1 aromatic rings. The lowest BCUT2D eigenvalue weighted by Crippen LogP contribution is -2.26. The third-order valence-corrected chi connectivity index (χ3v) is 2.58. The van der Waals surface area contributed by atoms with Gasteiger partial charge in [-0.2, -0.15) is 0 Å². The topological polar surface area (TPSA) is 41.1 Å². The van der Waals surface area contributed by atoms with Gasteiger partial charge in [-0.05, 0) is 30.5 Å². The first-order chi connectivity index (χ1) is 7.65. The van der Waals surface area contributed by atoms with Crippen molar-refractivity contribution in [3.05, 3.63) is 29.3 Å². The molecule has 0 radical (unpaired) electrons. The van der Waals surface area contributed by atoms with Gasteiger partial charge in [-0.15, -0.1) is 0 Å². The molecule has 1 aromatic carbocycles. The molecule has 88 valence electrons.